The van der Waals surface area contributed by atoms with E-state index in [9.17, 15) is 14.0 Å². The maximum Gasteiger partial charge on any atom is 0.268 e. The summed E-state index contributed by atoms with van der Waals surface area (Å²) in [5, 5.41) is 0.780. The number of nitrogens with zero attached hydrogens (tertiary/aromatic N) is 3. The van der Waals surface area contributed by atoms with Crippen LogP contribution < -0.4 is 5.56 Å². The number of ketones is 1. The Kier molecular flexibility index (Phi) is 6.02. The van der Waals surface area contributed by atoms with Crippen molar-refractivity contribution in [3.05, 3.63) is 93.2 Å². The van der Waals surface area contributed by atoms with Gasteiger partial charge in [0.25, 0.3) is 5.56 Å². The molecule has 0 saturated carbocycles. The molecule has 0 radical (unpaired) electrons. The van der Waals surface area contributed by atoms with Crippen molar-refractivity contribution in [2.45, 2.75) is 44.6 Å². The zero-order valence-corrected chi connectivity index (χ0v) is 20.5. The molecule has 0 spiro atoms. The highest BCUT2D eigenvalue weighted by Gasteiger charge is 2.28. The lowest BCUT2D eigenvalue weighted by Gasteiger charge is -2.31. The molecule has 5 rings (SSSR count). The molecule has 1 aliphatic rings. The van der Waals surface area contributed by atoms with Crippen molar-refractivity contribution in [1.82, 2.24) is 14.5 Å². The Balaban J connectivity index is 1.60. The molecule has 0 saturated heterocycles. The molecule has 35 heavy (non-hydrogen) atoms. The maximum atomic E-state index is 13.7. The minimum absolute atomic E-state index is 0.0429. The van der Waals surface area contributed by atoms with Gasteiger partial charge in [0.15, 0.2) is 16.6 Å². The van der Waals surface area contributed by atoms with Gasteiger partial charge in [-0.1, -0.05) is 29.5 Å². The molecule has 3 heterocycles. The van der Waals surface area contributed by atoms with E-state index < -0.39 is 5.82 Å². The summed E-state index contributed by atoms with van der Waals surface area (Å²) >= 11 is 1.16. The van der Waals surface area contributed by atoms with Crippen LogP contribution in [0.25, 0.3) is 16.7 Å². The summed E-state index contributed by atoms with van der Waals surface area (Å²) in [6.45, 7) is 6.37. The predicted molar refractivity (Wildman–Crippen MR) is 134 cm³/mol. The molecule has 0 unspecified atom stereocenters. The number of thioether (sulfide) groups is 1. The van der Waals surface area contributed by atoms with Gasteiger partial charge in [-0.3, -0.25) is 14.2 Å². The molecular formula is C27H24FN3O3S. The van der Waals surface area contributed by atoms with Gasteiger partial charge < -0.3 is 4.74 Å². The number of hydrogen-bond donors (Lipinski definition) is 0. The molecule has 2 aromatic heterocycles. The third kappa shape index (κ3) is 4.76. The van der Waals surface area contributed by atoms with Gasteiger partial charge in [-0.2, -0.15) is 0 Å². The number of Topliss-reactive ketones (excluding diaryl/α,β-unsaturated/α-hetero) is 1. The van der Waals surface area contributed by atoms with Gasteiger partial charge in [0.1, 0.15) is 5.82 Å². The summed E-state index contributed by atoms with van der Waals surface area (Å²) in [5.41, 5.74) is 3.63. The Morgan fingerprint density at radius 2 is 1.83 bits per heavy atom. The molecule has 0 bridgehead atoms. The molecule has 0 atom stereocenters. The summed E-state index contributed by atoms with van der Waals surface area (Å²) in [4.78, 5) is 35.9. The van der Waals surface area contributed by atoms with E-state index in [1.54, 1.807) is 0 Å². The van der Waals surface area contributed by atoms with E-state index >= 15 is 0 Å². The molecule has 8 heteroatoms. The number of aryl methyl sites for hydroxylation is 1. The third-order valence-corrected chi connectivity index (χ3v) is 6.94. The highest BCUT2D eigenvalue weighted by atomic mass is 32.2. The molecule has 178 valence electrons. The largest absolute Gasteiger partial charge is 0.370 e. The van der Waals surface area contributed by atoms with Crippen LogP contribution in [0.3, 0.4) is 0 Å². The van der Waals surface area contributed by atoms with Gasteiger partial charge in [0.05, 0.1) is 34.7 Å². The van der Waals surface area contributed by atoms with Crippen LogP contribution >= 0.6 is 11.8 Å². The first-order valence-electron chi connectivity index (χ1n) is 11.3. The smallest absolute Gasteiger partial charge is 0.268 e. The van der Waals surface area contributed by atoms with Crippen LogP contribution in [0, 0.1) is 12.7 Å². The topological polar surface area (TPSA) is 74.1 Å². The second-order valence-electron chi connectivity index (χ2n) is 9.28. The second-order valence-corrected chi connectivity index (χ2v) is 10.2. The summed E-state index contributed by atoms with van der Waals surface area (Å²) < 4.78 is 20.7. The predicted octanol–water partition coefficient (Wildman–Crippen LogP) is 5.05. The van der Waals surface area contributed by atoms with E-state index in [1.807, 2.05) is 51.1 Å². The second kappa shape index (κ2) is 9.02. The fourth-order valence-electron chi connectivity index (χ4n) is 4.05. The normalized spacial score (nSPS) is 14.6. The summed E-state index contributed by atoms with van der Waals surface area (Å²) in [5.74, 6) is -0.542. The first kappa shape index (κ1) is 23.4. The van der Waals surface area contributed by atoms with Crippen LogP contribution in [0.1, 0.15) is 41.0 Å². The van der Waals surface area contributed by atoms with Crippen LogP contribution in [0.15, 0.2) is 64.5 Å². The lowest BCUT2D eigenvalue weighted by atomic mass is 9.95. The lowest BCUT2D eigenvalue weighted by Crippen LogP contribution is -2.33. The van der Waals surface area contributed by atoms with Crippen molar-refractivity contribution in [1.29, 1.82) is 0 Å². The summed E-state index contributed by atoms with van der Waals surface area (Å²) in [6, 6.07) is 14.8. The van der Waals surface area contributed by atoms with Gasteiger partial charge in [0, 0.05) is 17.5 Å². The number of aromatic nitrogens is 3. The fraction of sp³-hybridized carbons (Fsp3) is 0.259. The number of pyridine rings is 1. The third-order valence-electron chi connectivity index (χ3n) is 6.00. The van der Waals surface area contributed by atoms with E-state index in [-0.39, 0.29) is 22.7 Å². The molecule has 1 aliphatic heterocycles. The highest BCUT2D eigenvalue weighted by molar-refractivity contribution is 7.99. The van der Waals surface area contributed by atoms with Crippen molar-refractivity contribution in [3.8, 4) is 5.69 Å². The highest BCUT2D eigenvalue weighted by Crippen LogP contribution is 2.29. The van der Waals surface area contributed by atoms with Crippen molar-refractivity contribution in [2.75, 3.05) is 5.75 Å². The number of carbonyl (C=O) groups excluding carboxylic acids is 1. The molecule has 0 N–H and O–H groups in total. The SMILES string of the molecule is Cc1ccc(-n2c(SCC(=O)c3ccc(F)cc3)nc3nc4c(cc3c2=O)COC(C)(C)C4)cc1. The summed E-state index contributed by atoms with van der Waals surface area (Å²) in [7, 11) is 0. The molecule has 0 amide bonds. The average Bonchev–Trinajstić information content (AvgIpc) is 2.82. The van der Waals surface area contributed by atoms with E-state index in [2.05, 4.69) is 0 Å². The van der Waals surface area contributed by atoms with Gasteiger partial charge in [0.2, 0.25) is 0 Å². The lowest BCUT2D eigenvalue weighted by molar-refractivity contribution is -0.0411. The molecule has 2 aromatic carbocycles. The van der Waals surface area contributed by atoms with Crippen LogP contribution in [0.4, 0.5) is 4.39 Å². The average molecular weight is 490 g/mol. The number of benzene rings is 2. The molecule has 4 aromatic rings. The van der Waals surface area contributed by atoms with Crippen molar-refractivity contribution in [3.63, 3.8) is 0 Å². The van der Waals surface area contributed by atoms with Gasteiger partial charge in [-0.25, -0.2) is 14.4 Å². The number of hydrogen-bond acceptors (Lipinski definition) is 6. The van der Waals surface area contributed by atoms with E-state index in [4.69, 9.17) is 14.7 Å². The molecule has 6 nitrogen and oxygen atoms in total. The van der Waals surface area contributed by atoms with Gasteiger partial charge in [-0.05, 0) is 63.2 Å². The quantitative estimate of drug-likeness (QED) is 0.222. The summed E-state index contributed by atoms with van der Waals surface area (Å²) in [6.07, 6.45) is 0.618. The Bertz CT molecular complexity index is 1500. The Hall–Kier alpha value is -3.36. The number of carbonyl (C=O) groups is 1. The van der Waals surface area contributed by atoms with E-state index in [0.717, 1.165) is 28.6 Å². The number of rotatable bonds is 5. The monoisotopic (exact) mass is 489 g/mol. The fourth-order valence-corrected chi connectivity index (χ4v) is 4.94. The Morgan fingerprint density at radius 1 is 1.11 bits per heavy atom. The number of ether oxygens (including phenoxy) is 1. The van der Waals surface area contributed by atoms with Crippen LogP contribution in [-0.2, 0) is 17.8 Å². The number of fused-ring (bicyclic) bond motifs is 2. The van der Waals surface area contributed by atoms with E-state index in [0.29, 0.717) is 40.5 Å². The zero-order chi connectivity index (χ0) is 24.7. The first-order valence-corrected chi connectivity index (χ1v) is 12.3. The maximum absolute atomic E-state index is 13.7. The first-order chi connectivity index (χ1) is 16.7. The van der Waals surface area contributed by atoms with E-state index in [1.165, 1.54) is 28.8 Å². The van der Waals surface area contributed by atoms with Crippen molar-refractivity contribution < 1.29 is 13.9 Å². The Morgan fingerprint density at radius 3 is 2.54 bits per heavy atom. The minimum atomic E-state index is -0.401. The van der Waals surface area contributed by atoms with Crippen LogP contribution in [0.5, 0.6) is 0 Å². The van der Waals surface area contributed by atoms with Crippen LogP contribution in [-0.4, -0.2) is 31.7 Å². The molecule has 0 fully saturated rings. The minimum Gasteiger partial charge on any atom is -0.370 e. The number of halogens is 1. The van der Waals surface area contributed by atoms with Gasteiger partial charge >= 0.3 is 0 Å². The molecule has 0 aliphatic carbocycles. The standard InChI is InChI=1S/C27H24FN3O3S/c1-16-4-10-20(11-5-16)31-25(33)21-12-18-14-34-27(2,3)13-22(18)29-24(21)30-26(31)35-15-23(32)17-6-8-19(28)9-7-17/h4-12H,13-15H2,1-3H3. The van der Waals surface area contributed by atoms with Gasteiger partial charge in [-0.15, -0.1) is 0 Å². The van der Waals surface area contributed by atoms with Crippen molar-refractivity contribution in [2.24, 2.45) is 0 Å². The van der Waals surface area contributed by atoms with Crippen LogP contribution in [0.2, 0.25) is 0 Å². The molecular weight excluding hydrogens is 465 g/mol. The Labute approximate surface area is 206 Å². The zero-order valence-electron chi connectivity index (χ0n) is 19.7. The van der Waals surface area contributed by atoms with Crippen molar-refractivity contribution >= 4 is 28.6 Å².